The molecule has 2 aromatic rings. The highest BCUT2D eigenvalue weighted by atomic mass is 32.2. The summed E-state index contributed by atoms with van der Waals surface area (Å²) in [7, 11) is 3.62. The number of para-hydroxylation sites is 2. The molecule has 0 unspecified atom stereocenters. The van der Waals surface area contributed by atoms with Gasteiger partial charge in [-0.05, 0) is 12.1 Å². The Morgan fingerprint density at radius 2 is 2.00 bits per heavy atom. The molecule has 1 aliphatic rings. The lowest BCUT2D eigenvalue weighted by atomic mass is 10.2. The highest BCUT2D eigenvalue weighted by molar-refractivity contribution is 7.99. The van der Waals surface area contributed by atoms with Crippen molar-refractivity contribution in [1.29, 1.82) is 0 Å². The van der Waals surface area contributed by atoms with Gasteiger partial charge in [0, 0.05) is 45.6 Å². The monoisotopic (exact) mass is 346 g/mol. The van der Waals surface area contributed by atoms with E-state index in [1.54, 1.807) is 13.3 Å². The van der Waals surface area contributed by atoms with Crippen LogP contribution < -0.4 is 9.64 Å². The van der Waals surface area contributed by atoms with E-state index in [1.165, 1.54) is 11.8 Å². The Bertz CT molecular complexity index is 695. The van der Waals surface area contributed by atoms with Crippen LogP contribution in [0.25, 0.3) is 0 Å². The van der Waals surface area contributed by atoms with Gasteiger partial charge in [0.15, 0.2) is 5.16 Å². The SMILES string of the molecule is COc1ccccc1N1CCN(C(=O)CSc2nccn2C)CC1. The molecule has 0 radical (unpaired) electrons. The highest BCUT2D eigenvalue weighted by Gasteiger charge is 2.23. The predicted octanol–water partition coefficient (Wildman–Crippen LogP) is 1.87. The van der Waals surface area contributed by atoms with Crippen molar-refractivity contribution in [2.45, 2.75) is 5.16 Å². The normalized spacial score (nSPS) is 14.8. The molecule has 1 fully saturated rings. The molecule has 1 saturated heterocycles. The third kappa shape index (κ3) is 3.67. The molecule has 0 bridgehead atoms. The summed E-state index contributed by atoms with van der Waals surface area (Å²) in [5, 5.41) is 0.871. The quantitative estimate of drug-likeness (QED) is 0.774. The van der Waals surface area contributed by atoms with Gasteiger partial charge in [-0.3, -0.25) is 4.79 Å². The minimum Gasteiger partial charge on any atom is -0.495 e. The fourth-order valence-corrected chi connectivity index (χ4v) is 3.63. The Balaban J connectivity index is 1.53. The second-order valence-electron chi connectivity index (χ2n) is 5.65. The Morgan fingerprint density at radius 3 is 2.67 bits per heavy atom. The maximum Gasteiger partial charge on any atom is 0.233 e. The van der Waals surface area contributed by atoms with Crippen molar-refractivity contribution in [3.05, 3.63) is 36.7 Å². The van der Waals surface area contributed by atoms with E-state index < -0.39 is 0 Å². The first-order valence-electron chi connectivity index (χ1n) is 7.95. The Labute approximate surface area is 146 Å². The fraction of sp³-hybridized carbons (Fsp3) is 0.412. The lowest BCUT2D eigenvalue weighted by molar-refractivity contribution is -0.128. The van der Waals surface area contributed by atoms with Crippen LogP contribution in [0.2, 0.25) is 0 Å². The summed E-state index contributed by atoms with van der Waals surface area (Å²) in [5.41, 5.74) is 1.09. The fourth-order valence-electron chi connectivity index (χ4n) is 2.80. The van der Waals surface area contributed by atoms with Crippen LogP contribution in [-0.2, 0) is 11.8 Å². The van der Waals surface area contributed by atoms with Crippen molar-refractivity contribution in [2.75, 3.05) is 43.9 Å². The molecule has 0 atom stereocenters. The van der Waals surface area contributed by atoms with Gasteiger partial charge in [0.1, 0.15) is 5.75 Å². The maximum atomic E-state index is 12.4. The van der Waals surface area contributed by atoms with Gasteiger partial charge in [-0.25, -0.2) is 4.98 Å². The zero-order valence-electron chi connectivity index (χ0n) is 14.0. The first kappa shape index (κ1) is 16.7. The molecule has 3 rings (SSSR count). The molecule has 0 N–H and O–H groups in total. The molecular formula is C17H22N4O2S. The molecule has 128 valence electrons. The van der Waals surface area contributed by atoms with Crippen molar-refractivity contribution < 1.29 is 9.53 Å². The number of hydrogen-bond acceptors (Lipinski definition) is 5. The van der Waals surface area contributed by atoms with E-state index in [0.29, 0.717) is 5.75 Å². The minimum absolute atomic E-state index is 0.169. The third-order valence-corrected chi connectivity index (χ3v) is 5.20. The van der Waals surface area contributed by atoms with E-state index in [0.717, 1.165) is 42.8 Å². The summed E-state index contributed by atoms with van der Waals surface area (Å²) in [5.74, 6) is 1.48. The summed E-state index contributed by atoms with van der Waals surface area (Å²) in [6.45, 7) is 3.11. The number of amides is 1. The van der Waals surface area contributed by atoms with Crippen LogP contribution >= 0.6 is 11.8 Å². The number of anilines is 1. The number of methoxy groups -OCH3 is 1. The molecule has 6 nitrogen and oxygen atoms in total. The number of hydrogen-bond donors (Lipinski definition) is 0. The number of carbonyl (C=O) groups is 1. The van der Waals surface area contributed by atoms with E-state index >= 15 is 0 Å². The zero-order chi connectivity index (χ0) is 16.9. The molecule has 0 spiro atoms. The van der Waals surface area contributed by atoms with Crippen LogP contribution in [0.15, 0.2) is 41.8 Å². The number of aromatic nitrogens is 2. The molecule has 0 aliphatic carbocycles. The molecule has 1 aromatic heterocycles. The molecule has 1 amide bonds. The number of benzene rings is 1. The van der Waals surface area contributed by atoms with Crippen LogP contribution in [-0.4, -0.2) is 59.4 Å². The van der Waals surface area contributed by atoms with Gasteiger partial charge < -0.3 is 19.1 Å². The standard InChI is InChI=1S/C17H22N4O2S/c1-19-8-7-18-17(19)24-13-16(22)21-11-9-20(10-12-21)14-5-3-4-6-15(14)23-2/h3-8H,9-13H2,1-2H3. The van der Waals surface area contributed by atoms with Gasteiger partial charge in [0.05, 0.1) is 18.6 Å². The van der Waals surface area contributed by atoms with E-state index in [1.807, 2.05) is 40.9 Å². The molecule has 24 heavy (non-hydrogen) atoms. The average molecular weight is 346 g/mol. The molecule has 2 heterocycles. The van der Waals surface area contributed by atoms with Gasteiger partial charge >= 0.3 is 0 Å². The van der Waals surface area contributed by atoms with Gasteiger partial charge in [-0.1, -0.05) is 23.9 Å². The number of piperazine rings is 1. The molecular weight excluding hydrogens is 324 g/mol. The number of thioether (sulfide) groups is 1. The van der Waals surface area contributed by atoms with Crippen molar-refractivity contribution >= 4 is 23.4 Å². The van der Waals surface area contributed by atoms with E-state index in [-0.39, 0.29) is 5.91 Å². The number of rotatable bonds is 5. The molecule has 0 saturated carbocycles. The Kier molecular flexibility index (Phi) is 5.30. The number of nitrogens with zero attached hydrogens (tertiary/aromatic N) is 4. The summed E-state index contributed by atoms with van der Waals surface area (Å²) < 4.78 is 7.36. The highest BCUT2D eigenvalue weighted by Crippen LogP contribution is 2.28. The van der Waals surface area contributed by atoms with Crippen LogP contribution in [0.5, 0.6) is 5.75 Å². The van der Waals surface area contributed by atoms with Crippen molar-refractivity contribution in [2.24, 2.45) is 7.05 Å². The van der Waals surface area contributed by atoms with Crippen LogP contribution in [0.1, 0.15) is 0 Å². The van der Waals surface area contributed by atoms with Gasteiger partial charge in [-0.2, -0.15) is 0 Å². The van der Waals surface area contributed by atoms with E-state index in [9.17, 15) is 4.79 Å². The number of carbonyl (C=O) groups excluding carboxylic acids is 1. The Hall–Kier alpha value is -2.15. The van der Waals surface area contributed by atoms with Gasteiger partial charge in [0.25, 0.3) is 0 Å². The van der Waals surface area contributed by atoms with E-state index in [4.69, 9.17) is 4.74 Å². The average Bonchev–Trinajstić information content (AvgIpc) is 3.04. The van der Waals surface area contributed by atoms with Crippen molar-refractivity contribution in [3.8, 4) is 5.75 Å². The second kappa shape index (κ2) is 7.61. The Morgan fingerprint density at radius 1 is 1.25 bits per heavy atom. The van der Waals surface area contributed by atoms with Crippen LogP contribution in [0.4, 0.5) is 5.69 Å². The molecule has 7 heteroatoms. The lowest BCUT2D eigenvalue weighted by Crippen LogP contribution is -2.49. The third-order valence-electron chi connectivity index (χ3n) is 4.16. The minimum atomic E-state index is 0.169. The first-order valence-corrected chi connectivity index (χ1v) is 8.93. The summed E-state index contributed by atoms with van der Waals surface area (Å²) >= 11 is 1.49. The van der Waals surface area contributed by atoms with Gasteiger partial charge in [0.2, 0.25) is 5.91 Å². The summed E-state index contributed by atoms with van der Waals surface area (Å²) in [6, 6.07) is 8.01. The topological polar surface area (TPSA) is 50.6 Å². The lowest BCUT2D eigenvalue weighted by Gasteiger charge is -2.36. The van der Waals surface area contributed by atoms with Crippen LogP contribution in [0, 0.1) is 0 Å². The number of imidazole rings is 1. The number of ether oxygens (including phenoxy) is 1. The molecule has 1 aliphatic heterocycles. The van der Waals surface area contributed by atoms with Crippen molar-refractivity contribution in [1.82, 2.24) is 14.5 Å². The zero-order valence-corrected chi connectivity index (χ0v) is 14.8. The number of aryl methyl sites for hydroxylation is 1. The smallest absolute Gasteiger partial charge is 0.233 e. The summed E-state index contributed by atoms with van der Waals surface area (Å²) in [6.07, 6.45) is 3.64. The van der Waals surface area contributed by atoms with Crippen LogP contribution in [0.3, 0.4) is 0 Å². The predicted molar refractivity (Wildman–Crippen MR) is 95.7 cm³/mol. The first-order chi connectivity index (χ1) is 11.7. The molecule has 1 aromatic carbocycles. The second-order valence-corrected chi connectivity index (χ2v) is 6.59. The largest absolute Gasteiger partial charge is 0.495 e. The van der Waals surface area contributed by atoms with E-state index in [2.05, 4.69) is 16.0 Å². The summed E-state index contributed by atoms with van der Waals surface area (Å²) in [4.78, 5) is 20.8. The maximum absolute atomic E-state index is 12.4. The van der Waals surface area contributed by atoms with Gasteiger partial charge in [-0.15, -0.1) is 0 Å². The van der Waals surface area contributed by atoms with Crippen molar-refractivity contribution in [3.63, 3.8) is 0 Å².